The Kier molecular flexibility index (Phi) is 3.95. The van der Waals surface area contributed by atoms with Crippen molar-refractivity contribution in [3.8, 4) is 0 Å². The molecule has 0 bridgehead atoms. The third-order valence-corrected chi connectivity index (χ3v) is 3.92. The van der Waals surface area contributed by atoms with Crippen LogP contribution < -0.4 is 15.7 Å². The molecule has 1 aliphatic rings. The molecule has 1 heterocycles. The lowest BCUT2D eigenvalue weighted by atomic mass is 10.2. The number of nitro groups is 1. The van der Waals surface area contributed by atoms with Crippen LogP contribution in [0.5, 0.6) is 0 Å². The molecule has 128 valence electrons. The quantitative estimate of drug-likeness (QED) is 0.576. The first kappa shape index (κ1) is 15.6. The molecule has 4 rings (SSSR count). The van der Waals surface area contributed by atoms with E-state index in [4.69, 9.17) is 0 Å². The molecule has 0 atom stereocenters. The van der Waals surface area contributed by atoms with Crippen molar-refractivity contribution in [3.63, 3.8) is 0 Å². The largest absolute Gasteiger partial charge is 0.271 e. The summed E-state index contributed by atoms with van der Waals surface area (Å²) in [6.07, 6.45) is 0. The highest BCUT2D eigenvalue weighted by Crippen LogP contribution is 2.28. The number of nitro benzene ring substituents is 1. The molecule has 7 nitrogen and oxygen atoms in total. The van der Waals surface area contributed by atoms with Crippen molar-refractivity contribution < 1.29 is 4.92 Å². The highest BCUT2D eigenvalue weighted by atomic mass is 16.6. The second-order valence-electron chi connectivity index (χ2n) is 5.64. The lowest BCUT2D eigenvalue weighted by Crippen LogP contribution is -2.44. The normalized spacial score (nSPS) is 13.3. The molecule has 3 aromatic rings. The van der Waals surface area contributed by atoms with E-state index in [1.54, 1.807) is 22.4 Å². The zero-order chi connectivity index (χ0) is 17.9. The van der Waals surface area contributed by atoms with Crippen molar-refractivity contribution in [3.05, 3.63) is 101 Å². The molecule has 7 heteroatoms. The molecule has 1 aliphatic heterocycles. The van der Waals surface area contributed by atoms with E-state index in [0.717, 1.165) is 11.3 Å². The summed E-state index contributed by atoms with van der Waals surface area (Å²) in [5.41, 5.74) is 5.63. The maximum absolute atomic E-state index is 11.1. The zero-order valence-electron chi connectivity index (χ0n) is 13.7. The number of amidine groups is 1. The Morgan fingerprint density at radius 1 is 0.846 bits per heavy atom. The van der Waals surface area contributed by atoms with Crippen molar-refractivity contribution in [1.82, 2.24) is 5.43 Å². The van der Waals surface area contributed by atoms with E-state index in [1.165, 1.54) is 12.1 Å². The van der Waals surface area contributed by atoms with Gasteiger partial charge >= 0.3 is 0 Å². The Morgan fingerprint density at radius 2 is 1.50 bits per heavy atom. The van der Waals surface area contributed by atoms with Gasteiger partial charge in [-0.25, -0.2) is 0 Å². The SMILES string of the molecule is O=[N+]([O-])c1cccc(N2N=C(c3ccccc3)NN2c2ccccc2)c1. The summed E-state index contributed by atoms with van der Waals surface area (Å²) >= 11 is 0. The van der Waals surface area contributed by atoms with Gasteiger partial charge in [0, 0.05) is 17.7 Å². The van der Waals surface area contributed by atoms with Crippen LogP contribution >= 0.6 is 0 Å². The summed E-state index contributed by atoms with van der Waals surface area (Å²) in [5.74, 6) is 0.654. The molecule has 0 saturated heterocycles. The summed E-state index contributed by atoms with van der Waals surface area (Å²) in [5, 5.41) is 19.1. The fraction of sp³-hybridized carbons (Fsp3) is 0. The first-order valence-corrected chi connectivity index (χ1v) is 8.03. The number of nitrogens with one attached hydrogen (secondary N) is 1. The Morgan fingerprint density at radius 3 is 2.19 bits per heavy atom. The van der Waals surface area contributed by atoms with Crippen molar-refractivity contribution >= 4 is 22.9 Å². The molecule has 1 N–H and O–H groups in total. The minimum absolute atomic E-state index is 0.0128. The summed E-state index contributed by atoms with van der Waals surface area (Å²) in [4.78, 5) is 10.7. The van der Waals surface area contributed by atoms with E-state index >= 15 is 0 Å². The summed E-state index contributed by atoms with van der Waals surface area (Å²) < 4.78 is 0. The molecule has 0 spiro atoms. The van der Waals surface area contributed by atoms with Gasteiger partial charge in [0.2, 0.25) is 0 Å². The van der Waals surface area contributed by atoms with Gasteiger partial charge in [0.25, 0.3) is 5.69 Å². The van der Waals surface area contributed by atoms with E-state index < -0.39 is 4.92 Å². The van der Waals surface area contributed by atoms with E-state index in [9.17, 15) is 10.1 Å². The standard InChI is InChI=1S/C19H15N5O2/c25-24(26)18-13-7-12-17(14-18)23-21-19(15-8-3-1-4-9-15)20-22(23)16-10-5-2-6-11-16/h1-14H,(H,20,21). The maximum atomic E-state index is 11.1. The Labute approximate surface area is 149 Å². The van der Waals surface area contributed by atoms with Gasteiger partial charge in [-0.2, -0.15) is 10.2 Å². The second-order valence-corrected chi connectivity index (χ2v) is 5.64. The number of hydrogen-bond donors (Lipinski definition) is 1. The van der Waals surface area contributed by atoms with Crippen LogP contribution in [0.4, 0.5) is 17.1 Å². The fourth-order valence-electron chi connectivity index (χ4n) is 2.68. The molecular weight excluding hydrogens is 330 g/mol. The zero-order valence-corrected chi connectivity index (χ0v) is 13.7. The monoisotopic (exact) mass is 345 g/mol. The average molecular weight is 345 g/mol. The van der Waals surface area contributed by atoms with Gasteiger partial charge in [-0.15, -0.1) is 5.10 Å². The highest BCUT2D eigenvalue weighted by molar-refractivity contribution is 6.02. The topological polar surface area (TPSA) is 74.0 Å². The number of hydrazone groups is 1. The van der Waals surface area contributed by atoms with Gasteiger partial charge in [0.15, 0.2) is 5.84 Å². The van der Waals surface area contributed by atoms with Crippen LogP contribution in [-0.2, 0) is 0 Å². The fourth-order valence-corrected chi connectivity index (χ4v) is 2.68. The van der Waals surface area contributed by atoms with Gasteiger partial charge in [-0.3, -0.25) is 15.5 Å². The number of hydrogen-bond acceptors (Lipinski definition) is 6. The van der Waals surface area contributed by atoms with Crippen molar-refractivity contribution in [2.75, 3.05) is 10.2 Å². The lowest BCUT2D eigenvalue weighted by molar-refractivity contribution is -0.384. The van der Waals surface area contributed by atoms with Gasteiger partial charge in [-0.05, 0) is 18.2 Å². The van der Waals surface area contributed by atoms with Gasteiger partial charge < -0.3 is 0 Å². The molecule has 3 aromatic carbocycles. The van der Waals surface area contributed by atoms with Crippen LogP contribution in [0.15, 0.2) is 90.0 Å². The number of nitrogens with zero attached hydrogens (tertiary/aromatic N) is 4. The molecule has 0 saturated carbocycles. The van der Waals surface area contributed by atoms with Crippen molar-refractivity contribution in [2.24, 2.45) is 5.10 Å². The Balaban J connectivity index is 1.77. The Bertz CT molecular complexity index is 960. The molecule has 26 heavy (non-hydrogen) atoms. The predicted octanol–water partition coefficient (Wildman–Crippen LogP) is 3.70. The van der Waals surface area contributed by atoms with Crippen LogP contribution in [0.3, 0.4) is 0 Å². The predicted molar refractivity (Wildman–Crippen MR) is 101 cm³/mol. The molecule has 0 amide bonds. The summed E-state index contributed by atoms with van der Waals surface area (Å²) in [6.45, 7) is 0. The van der Waals surface area contributed by atoms with Crippen LogP contribution in [0, 0.1) is 10.1 Å². The van der Waals surface area contributed by atoms with Gasteiger partial charge in [-0.1, -0.05) is 54.6 Å². The second kappa shape index (κ2) is 6.56. The van der Waals surface area contributed by atoms with Crippen LogP contribution in [0.1, 0.15) is 5.56 Å². The number of non-ortho nitro benzene ring substituents is 1. The number of hydrazine groups is 2. The molecule has 0 fully saturated rings. The average Bonchev–Trinajstić information content (AvgIpc) is 3.15. The summed E-state index contributed by atoms with van der Waals surface area (Å²) in [7, 11) is 0. The number of anilines is 2. The minimum Gasteiger partial charge on any atom is -0.259 e. The van der Waals surface area contributed by atoms with E-state index in [-0.39, 0.29) is 5.69 Å². The maximum Gasteiger partial charge on any atom is 0.271 e. The summed E-state index contributed by atoms with van der Waals surface area (Å²) in [6, 6.07) is 25.7. The lowest BCUT2D eigenvalue weighted by Gasteiger charge is -2.27. The number of benzene rings is 3. The van der Waals surface area contributed by atoms with E-state index in [2.05, 4.69) is 10.5 Å². The van der Waals surface area contributed by atoms with Crippen molar-refractivity contribution in [2.45, 2.75) is 0 Å². The van der Waals surface area contributed by atoms with Gasteiger partial charge in [0.05, 0.1) is 16.3 Å². The van der Waals surface area contributed by atoms with E-state index in [1.807, 2.05) is 60.7 Å². The molecule has 0 unspecified atom stereocenters. The molecule has 0 aliphatic carbocycles. The number of para-hydroxylation sites is 1. The smallest absolute Gasteiger partial charge is 0.259 e. The van der Waals surface area contributed by atoms with Gasteiger partial charge in [0.1, 0.15) is 0 Å². The van der Waals surface area contributed by atoms with E-state index in [0.29, 0.717) is 11.5 Å². The highest BCUT2D eigenvalue weighted by Gasteiger charge is 2.27. The third kappa shape index (κ3) is 2.93. The number of rotatable bonds is 4. The van der Waals surface area contributed by atoms with Crippen LogP contribution in [0.2, 0.25) is 0 Å². The Hall–Kier alpha value is -3.87. The molecule has 0 aromatic heterocycles. The molecule has 0 radical (unpaired) electrons. The molecular formula is C19H15N5O2. The first-order chi connectivity index (χ1) is 12.7. The third-order valence-electron chi connectivity index (χ3n) is 3.92. The van der Waals surface area contributed by atoms with Crippen LogP contribution in [0.25, 0.3) is 0 Å². The van der Waals surface area contributed by atoms with Crippen molar-refractivity contribution in [1.29, 1.82) is 0 Å². The first-order valence-electron chi connectivity index (χ1n) is 8.03. The minimum atomic E-state index is -0.415. The van der Waals surface area contributed by atoms with Crippen LogP contribution in [-0.4, -0.2) is 10.8 Å².